The number of allylic oxidation sites excluding steroid dienone is 1. The van der Waals surface area contributed by atoms with Crippen LogP contribution in [0.3, 0.4) is 0 Å². The molecule has 4 aliphatic rings. The SMILES string of the molecule is CCCC(C)(C)NC(=O)C1C[C@H]2[C@@H]3CCC4SC(=O)C=C[C@]4(C)[C@@H]3CC[C@]2(C)C1. The van der Waals surface area contributed by atoms with E-state index in [1.165, 1.54) is 19.3 Å². The van der Waals surface area contributed by atoms with Gasteiger partial charge in [-0.25, -0.2) is 0 Å². The molecule has 1 amide bonds. The van der Waals surface area contributed by atoms with Gasteiger partial charge in [0.05, 0.1) is 0 Å². The molecule has 2 unspecified atom stereocenters. The van der Waals surface area contributed by atoms with E-state index in [0.29, 0.717) is 28.4 Å². The zero-order valence-electron chi connectivity index (χ0n) is 18.9. The Morgan fingerprint density at radius 3 is 2.72 bits per heavy atom. The molecule has 0 aromatic heterocycles. The second-order valence-corrected chi connectivity index (χ2v) is 12.7. The average Bonchev–Trinajstić information content (AvgIpc) is 3.00. The highest BCUT2D eigenvalue weighted by Crippen LogP contribution is 2.65. The molecule has 1 N–H and O–H groups in total. The summed E-state index contributed by atoms with van der Waals surface area (Å²) >= 11 is 1.58. The lowest BCUT2D eigenvalue weighted by molar-refractivity contribution is -0.126. The fraction of sp³-hybridized carbons (Fsp3) is 0.840. The van der Waals surface area contributed by atoms with E-state index in [2.05, 4.69) is 46.0 Å². The van der Waals surface area contributed by atoms with E-state index in [1.807, 2.05) is 6.08 Å². The van der Waals surface area contributed by atoms with Gasteiger partial charge in [0.2, 0.25) is 11.0 Å². The van der Waals surface area contributed by atoms with Crippen molar-refractivity contribution >= 4 is 22.8 Å². The second-order valence-electron chi connectivity index (χ2n) is 11.5. The van der Waals surface area contributed by atoms with Crippen LogP contribution in [0.4, 0.5) is 0 Å². The van der Waals surface area contributed by atoms with Gasteiger partial charge in [0, 0.05) is 22.1 Å². The first-order valence-corrected chi connectivity index (χ1v) is 12.7. The fourth-order valence-corrected chi connectivity index (χ4v) is 8.77. The van der Waals surface area contributed by atoms with Crippen LogP contribution >= 0.6 is 11.8 Å². The normalized spacial score (nSPS) is 44.0. The van der Waals surface area contributed by atoms with Crippen LogP contribution in [0, 0.1) is 34.5 Å². The van der Waals surface area contributed by atoms with Crippen LogP contribution in [0.25, 0.3) is 0 Å². The Morgan fingerprint density at radius 2 is 2.00 bits per heavy atom. The largest absolute Gasteiger partial charge is 0.351 e. The molecule has 3 aliphatic carbocycles. The number of fused-ring (bicyclic) bond motifs is 5. The van der Waals surface area contributed by atoms with Gasteiger partial charge in [0.1, 0.15) is 0 Å². The molecular formula is C25H39NO2S. The summed E-state index contributed by atoms with van der Waals surface area (Å²) in [6, 6.07) is 0. The van der Waals surface area contributed by atoms with E-state index >= 15 is 0 Å². The van der Waals surface area contributed by atoms with Crippen LogP contribution < -0.4 is 5.32 Å². The summed E-state index contributed by atoms with van der Waals surface area (Å²) in [6.45, 7) is 11.4. The molecule has 162 valence electrons. The van der Waals surface area contributed by atoms with E-state index in [9.17, 15) is 9.59 Å². The van der Waals surface area contributed by atoms with Crippen LogP contribution in [0.1, 0.15) is 86.0 Å². The topological polar surface area (TPSA) is 46.2 Å². The maximum atomic E-state index is 13.1. The smallest absolute Gasteiger partial charge is 0.223 e. The number of rotatable bonds is 4. The molecule has 0 saturated heterocycles. The van der Waals surface area contributed by atoms with Crippen molar-refractivity contribution in [3.05, 3.63) is 12.2 Å². The van der Waals surface area contributed by atoms with Gasteiger partial charge in [0.25, 0.3) is 0 Å². The van der Waals surface area contributed by atoms with Gasteiger partial charge in [-0.2, -0.15) is 0 Å². The molecule has 1 aliphatic heterocycles. The molecule has 3 saturated carbocycles. The van der Waals surface area contributed by atoms with Gasteiger partial charge in [-0.05, 0) is 88.0 Å². The molecule has 0 aromatic carbocycles. The predicted octanol–water partition coefficient (Wildman–Crippen LogP) is 5.74. The van der Waals surface area contributed by atoms with Crippen LogP contribution in [0.5, 0.6) is 0 Å². The Bertz CT molecular complexity index is 716. The Morgan fingerprint density at radius 1 is 1.24 bits per heavy atom. The minimum Gasteiger partial charge on any atom is -0.351 e. The van der Waals surface area contributed by atoms with Crippen molar-refractivity contribution in [2.75, 3.05) is 0 Å². The molecule has 0 radical (unpaired) electrons. The fourth-order valence-electron chi connectivity index (χ4n) is 7.58. The van der Waals surface area contributed by atoms with Crippen molar-refractivity contribution in [2.24, 2.45) is 34.5 Å². The van der Waals surface area contributed by atoms with E-state index in [-0.39, 0.29) is 27.9 Å². The van der Waals surface area contributed by atoms with Crippen molar-refractivity contribution in [3.8, 4) is 0 Å². The van der Waals surface area contributed by atoms with Gasteiger partial charge in [-0.15, -0.1) is 0 Å². The van der Waals surface area contributed by atoms with E-state index < -0.39 is 0 Å². The maximum absolute atomic E-state index is 13.1. The molecule has 3 nitrogen and oxygen atoms in total. The lowest BCUT2D eigenvalue weighted by Gasteiger charge is -2.57. The molecule has 7 atom stereocenters. The third-order valence-corrected chi connectivity index (χ3v) is 10.4. The second kappa shape index (κ2) is 7.43. The number of hydrogen-bond acceptors (Lipinski definition) is 3. The Hall–Kier alpha value is -0.770. The van der Waals surface area contributed by atoms with E-state index in [1.54, 1.807) is 11.8 Å². The zero-order valence-corrected chi connectivity index (χ0v) is 19.7. The summed E-state index contributed by atoms with van der Waals surface area (Å²) in [4.78, 5) is 25.1. The number of carbonyl (C=O) groups excluding carboxylic acids is 2. The average molecular weight is 418 g/mol. The molecule has 4 rings (SSSR count). The Balaban J connectivity index is 1.51. The highest BCUT2D eigenvalue weighted by atomic mass is 32.2. The van der Waals surface area contributed by atoms with Crippen LogP contribution in [-0.2, 0) is 9.59 Å². The van der Waals surface area contributed by atoms with Crippen molar-refractivity contribution < 1.29 is 9.59 Å². The summed E-state index contributed by atoms with van der Waals surface area (Å²) in [5.41, 5.74) is 0.347. The summed E-state index contributed by atoms with van der Waals surface area (Å²) < 4.78 is 0. The van der Waals surface area contributed by atoms with Crippen LogP contribution in [-0.4, -0.2) is 21.8 Å². The lowest BCUT2D eigenvalue weighted by atomic mass is 9.50. The van der Waals surface area contributed by atoms with Gasteiger partial charge in [-0.3, -0.25) is 9.59 Å². The van der Waals surface area contributed by atoms with Crippen molar-refractivity contribution in [2.45, 2.75) is 96.8 Å². The number of carbonyl (C=O) groups is 2. The Labute approximate surface area is 181 Å². The van der Waals surface area contributed by atoms with Gasteiger partial charge < -0.3 is 5.32 Å². The predicted molar refractivity (Wildman–Crippen MR) is 121 cm³/mol. The molecule has 0 bridgehead atoms. The highest BCUT2D eigenvalue weighted by Gasteiger charge is 2.59. The number of hydrogen-bond donors (Lipinski definition) is 1. The first-order chi connectivity index (χ1) is 13.6. The van der Waals surface area contributed by atoms with Crippen molar-refractivity contribution in [3.63, 3.8) is 0 Å². The number of amides is 1. The summed E-state index contributed by atoms with van der Waals surface area (Å²) in [5, 5.41) is 4.05. The van der Waals surface area contributed by atoms with Gasteiger partial charge in [0.15, 0.2) is 0 Å². The van der Waals surface area contributed by atoms with Crippen LogP contribution in [0.15, 0.2) is 12.2 Å². The van der Waals surface area contributed by atoms with Gasteiger partial charge >= 0.3 is 0 Å². The Kier molecular flexibility index (Phi) is 5.50. The quantitative estimate of drug-likeness (QED) is 0.634. The minimum absolute atomic E-state index is 0.106. The molecule has 1 heterocycles. The molecule has 0 aromatic rings. The first-order valence-electron chi connectivity index (χ1n) is 11.8. The third-order valence-electron chi connectivity index (χ3n) is 9.01. The monoisotopic (exact) mass is 417 g/mol. The highest BCUT2D eigenvalue weighted by molar-refractivity contribution is 8.14. The van der Waals surface area contributed by atoms with E-state index in [0.717, 1.165) is 32.1 Å². The first kappa shape index (κ1) is 21.5. The van der Waals surface area contributed by atoms with Crippen LogP contribution in [0.2, 0.25) is 0 Å². The maximum Gasteiger partial charge on any atom is 0.223 e. The van der Waals surface area contributed by atoms with E-state index in [4.69, 9.17) is 0 Å². The number of thioether (sulfide) groups is 1. The summed E-state index contributed by atoms with van der Waals surface area (Å²) in [7, 11) is 0. The molecule has 0 spiro atoms. The third kappa shape index (κ3) is 3.72. The minimum atomic E-state index is -0.106. The summed E-state index contributed by atoms with van der Waals surface area (Å²) in [5.74, 6) is 2.47. The zero-order chi connectivity index (χ0) is 21.0. The summed E-state index contributed by atoms with van der Waals surface area (Å²) in [6.07, 6.45) is 13.2. The number of nitrogens with one attached hydrogen (secondary N) is 1. The standard InChI is InChI=1S/C25H39NO2S/c1-6-11-23(2,3)26-22(28)16-14-19-17-7-8-20-25(5,13-10-21(27)29-20)18(17)9-12-24(19,4)15-16/h10,13,16-20H,6-9,11-12,14-15H2,1-5H3,(H,26,28)/t16?,17-,18-,19+,20?,24-,25-/m1/s1. The van der Waals surface area contributed by atoms with Crippen molar-refractivity contribution in [1.29, 1.82) is 0 Å². The molecule has 3 fully saturated rings. The van der Waals surface area contributed by atoms with Crippen molar-refractivity contribution in [1.82, 2.24) is 5.32 Å². The molecule has 29 heavy (non-hydrogen) atoms. The van der Waals surface area contributed by atoms with Gasteiger partial charge in [-0.1, -0.05) is 45.0 Å². The lowest BCUT2D eigenvalue weighted by Crippen LogP contribution is -2.52. The molecule has 4 heteroatoms. The molecular weight excluding hydrogens is 378 g/mol.